The van der Waals surface area contributed by atoms with Crippen molar-refractivity contribution in [3.05, 3.63) is 78.2 Å². The molecule has 7 heteroatoms. The molecule has 0 saturated heterocycles. The first kappa shape index (κ1) is 18.5. The van der Waals surface area contributed by atoms with Crippen molar-refractivity contribution in [1.29, 1.82) is 0 Å². The number of rotatable bonds is 6. The lowest BCUT2D eigenvalue weighted by Gasteiger charge is -2.06. The van der Waals surface area contributed by atoms with E-state index in [2.05, 4.69) is 31.9 Å². The third kappa shape index (κ3) is 5.07. The van der Waals surface area contributed by atoms with E-state index < -0.39 is 0 Å². The van der Waals surface area contributed by atoms with Crippen molar-refractivity contribution in [3.8, 4) is 5.75 Å². The number of halogens is 3. The van der Waals surface area contributed by atoms with Crippen LogP contribution in [-0.4, -0.2) is 5.78 Å². The van der Waals surface area contributed by atoms with Crippen molar-refractivity contribution in [3.63, 3.8) is 0 Å². The van der Waals surface area contributed by atoms with Gasteiger partial charge in [0, 0.05) is 14.3 Å². The molecule has 0 atom stereocenters. The van der Waals surface area contributed by atoms with Gasteiger partial charge in [0.15, 0.2) is 5.78 Å². The van der Waals surface area contributed by atoms with Gasteiger partial charge in [0.25, 0.3) is 0 Å². The molecule has 0 unspecified atom stereocenters. The zero-order chi connectivity index (χ0) is 17.8. The number of ketones is 1. The molecule has 0 fully saturated rings. The number of furan rings is 1. The fourth-order valence-corrected chi connectivity index (χ4v) is 4.06. The Kier molecular flexibility index (Phi) is 6.17. The third-order valence-corrected chi connectivity index (χ3v) is 5.65. The van der Waals surface area contributed by atoms with E-state index in [1.165, 1.54) is 17.4 Å². The van der Waals surface area contributed by atoms with Gasteiger partial charge in [-0.05, 0) is 64.5 Å². The lowest BCUT2D eigenvalue weighted by atomic mass is 10.3. The predicted molar refractivity (Wildman–Crippen MR) is 108 cm³/mol. The number of ether oxygens (including phenoxy) is 1. The van der Waals surface area contributed by atoms with Gasteiger partial charge in [-0.2, -0.15) is 0 Å². The number of carbonyl (C=O) groups excluding carboxylic acids is 1. The second-order valence-electron chi connectivity index (χ2n) is 4.99. The molecule has 2 aromatic heterocycles. The minimum atomic E-state index is -0.0634. The van der Waals surface area contributed by atoms with Crippen LogP contribution in [-0.2, 0) is 6.61 Å². The van der Waals surface area contributed by atoms with Crippen LogP contribution >= 0.6 is 54.8 Å². The summed E-state index contributed by atoms with van der Waals surface area (Å²) >= 11 is 14.2. The van der Waals surface area contributed by atoms with E-state index in [1.54, 1.807) is 36.4 Å². The summed E-state index contributed by atoms with van der Waals surface area (Å²) < 4.78 is 13.1. The normalized spacial score (nSPS) is 11.2. The number of thiophene rings is 1. The maximum absolute atomic E-state index is 12.0. The average molecular weight is 503 g/mol. The zero-order valence-corrected chi connectivity index (χ0v) is 17.4. The molecule has 25 heavy (non-hydrogen) atoms. The first-order valence-electron chi connectivity index (χ1n) is 7.14. The Morgan fingerprint density at radius 3 is 2.76 bits per heavy atom. The molecular weight excluding hydrogens is 492 g/mol. The highest BCUT2D eigenvalue weighted by Crippen LogP contribution is 2.28. The van der Waals surface area contributed by atoms with Gasteiger partial charge in [-0.25, -0.2) is 0 Å². The second kappa shape index (κ2) is 8.36. The molecule has 2 heterocycles. The smallest absolute Gasteiger partial charge is 0.195 e. The van der Waals surface area contributed by atoms with Gasteiger partial charge < -0.3 is 9.15 Å². The summed E-state index contributed by atoms with van der Waals surface area (Å²) in [6.45, 7) is 0.251. The highest BCUT2D eigenvalue weighted by atomic mass is 79.9. The van der Waals surface area contributed by atoms with E-state index in [1.807, 2.05) is 11.4 Å². The van der Waals surface area contributed by atoms with E-state index >= 15 is 0 Å². The van der Waals surface area contributed by atoms with Crippen LogP contribution in [0.5, 0.6) is 5.75 Å². The Balaban J connectivity index is 1.60. The van der Waals surface area contributed by atoms with E-state index in [-0.39, 0.29) is 12.4 Å². The molecule has 0 aliphatic rings. The molecule has 3 rings (SSSR count). The second-order valence-corrected chi connectivity index (χ2v) is 8.14. The molecule has 0 aliphatic heterocycles. The van der Waals surface area contributed by atoms with Crippen LogP contribution in [0.1, 0.15) is 21.2 Å². The van der Waals surface area contributed by atoms with E-state index in [0.29, 0.717) is 27.2 Å². The number of allylic oxidation sites excluding steroid dienone is 1. The topological polar surface area (TPSA) is 39.4 Å². The molecule has 1 aromatic carbocycles. The number of hydrogen-bond acceptors (Lipinski definition) is 4. The van der Waals surface area contributed by atoms with Crippen molar-refractivity contribution >= 4 is 66.7 Å². The maximum Gasteiger partial charge on any atom is 0.195 e. The van der Waals surface area contributed by atoms with E-state index in [9.17, 15) is 4.79 Å². The van der Waals surface area contributed by atoms with Gasteiger partial charge in [-0.15, -0.1) is 11.3 Å². The van der Waals surface area contributed by atoms with Gasteiger partial charge in [0.2, 0.25) is 0 Å². The van der Waals surface area contributed by atoms with Crippen molar-refractivity contribution in [2.45, 2.75) is 6.61 Å². The van der Waals surface area contributed by atoms with E-state index in [4.69, 9.17) is 20.8 Å². The Bertz CT molecular complexity index is 930. The largest absolute Gasteiger partial charge is 0.484 e. The minimum absolute atomic E-state index is 0.0634. The standard InChI is InChI=1S/C18H11Br2ClO3S/c19-11-1-6-17(15(21)7-11)23-9-14-3-2-13(24-14)4-5-16(22)18-8-12(20)10-25-18/h1-8,10H,9H2/b5-4+. The third-order valence-electron chi connectivity index (χ3n) is 3.16. The fraction of sp³-hybridized carbons (Fsp3) is 0.0556. The summed E-state index contributed by atoms with van der Waals surface area (Å²) in [5, 5.41) is 2.39. The maximum atomic E-state index is 12.0. The fourth-order valence-electron chi connectivity index (χ4n) is 1.99. The lowest BCUT2D eigenvalue weighted by Crippen LogP contribution is -1.94. The molecule has 128 valence electrons. The predicted octanol–water partition coefficient (Wildman–Crippen LogP) is 6.99. The first-order valence-corrected chi connectivity index (χ1v) is 9.98. The van der Waals surface area contributed by atoms with Crippen LogP contribution in [0.25, 0.3) is 6.08 Å². The number of carbonyl (C=O) groups is 1. The minimum Gasteiger partial charge on any atom is -0.484 e. The average Bonchev–Trinajstić information content (AvgIpc) is 3.21. The summed E-state index contributed by atoms with van der Waals surface area (Å²) in [7, 11) is 0. The molecule has 3 nitrogen and oxygen atoms in total. The summed E-state index contributed by atoms with van der Waals surface area (Å²) in [5.74, 6) is 1.75. The molecule has 0 radical (unpaired) electrons. The van der Waals surface area contributed by atoms with Gasteiger partial charge in [-0.1, -0.05) is 27.5 Å². The van der Waals surface area contributed by atoms with Crippen LogP contribution in [0.3, 0.4) is 0 Å². The van der Waals surface area contributed by atoms with Crippen molar-refractivity contribution in [2.75, 3.05) is 0 Å². The van der Waals surface area contributed by atoms with Crippen molar-refractivity contribution in [1.82, 2.24) is 0 Å². The Morgan fingerprint density at radius 2 is 2.04 bits per heavy atom. The summed E-state index contributed by atoms with van der Waals surface area (Å²) in [4.78, 5) is 12.7. The van der Waals surface area contributed by atoms with Gasteiger partial charge in [0.05, 0.1) is 9.90 Å². The van der Waals surface area contributed by atoms with Crippen LogP contribution in [0.4, 0.5) is 0 Å². The first-order chi connectivity index (χ1) is 12.0. The highest BCUT2D eigenvalue weighted by Gasteiger charge is 2.07. The summed E-state index contributed by atoms with van der Waals surface area (Å²) in [6.07, 6.45) is 3.14. The summed E-state index contributed by atoms with van der Waals surface area (Å²) in [5.41, 5.74) is 0. The van der Waals surface area contributed by atoms with Crippen molar-refractivity contribution < 1.29 is 13.9 Å². The lowest BCUT2D eigenvalue weighted by molar-refractivity contribution is 0.105. The molecule has 0 N–H and O–H groups in total. The zero-order valence-electron chi connectivity index (χ0n) is 12.7. The van der Waals surface area contributed by atoms with E-state index in [0.717, 1.165) is 8.95 Å². The van der Waals surface area contributed by atoms with Gasteiger partial charge >= 0.3 is 0 Å². The quantitative estimate of drug-likeness (QED) is 0.269. The number of benzene rings is 1. The molecular formula is C18H11Br2ClO3S. The summed E-state index contributed by atoms with van der Waals surface area (Å²) in [6, 6.07) is 10.8. The molecule has 3 aromatic rings. The van der Waals surface area contributed by atoms with Crippen LogP contribution < -0.4 is 4.74 Å². The monoisotopic (exact) mass is 500 g/mol. The van der Waals surface area contributed by atoms with Crippen molar-refractivity contribution in [2.24, 2.45) is 0 Å². The van der Waals surface area contributed by atoms with Crippen LogP contribution in [0, 0.1) is 0 Å². The van der Waals surface area contributed by atoms with Crippen LogP contribution in [0.2, 0.25) is 5.02 Å². The Hall–Kier alpha value is -1.34. The van der Waals surface area contributed by atoms with Gasteiger partial charge in [0.1, 0.15) is 23.9 Å². The molecule has 0 saturated carbocycles. The molecule has 0 aliphatic carbocycles. The molecule has 0 amide bonds. The number of hydrogen-bond donors (Lipinski definition) is 0. The Labute approximate surface area is 170 Å². The van der Waals surface area contributed by atoms with Gasteiger partial charge in [-0.3, -0.25) is 4.79 Å². The van der Waals surface area contributed by atoms with Crippen LogP contribution in [0.15, 0.2) is 61.2 Å². The molecule has 0 bridgehead atoms. The molecule has 0 spiro atoms. The Morgan fingerprint density at radius 1 is 1.20 bits per heavy atom. The SMILES string of the molecule is O=C(/C=C/c1ccc(COc2ccc(Br)cc2Cl)o1)c1cc(Br)cs1. The highest BCUT2D eigenvalue weighted by molar-refractivity contribution is 9.10.